The minimum atomic E-state index is -3.36. The first-order valence-corrected chi connectivity index (χ1v) is 10.7. The van der Waals surface area contributed by atoms with Crippen molar-refractivity contribution in [1.29, 1.82) is 0 Å². The number of pyridine rings is 1. The van der Waals surface area contributed by atoms with E-state index in [0.717, 1.165) is 23.3 Å². The fraction of sp³-hybridized carbons (Fsp3) is 0.278. The van der Waals surface area contributed by atoms with E-state index in [0.29, 0.717) is 31.3 Å². The lowest BCUT2D eigenvalue weighted by molar-refractivity contribution is 0.606. The van der Waals surface area contributed by atoms with Gasteiger partial charge in [0.2, 0.25) is 10.0 Å². The van der Waals surface area contributed by atoms with Crippen LogP contribution in [-0.2, 0) is 23.1 Å². The average Bonchev–Trinajstić information content (AvgIpc) is 3.07. The second-order valence-electron chi connectivity index (χ2n) is 6.13. The Bertz CT molecular complexity index is 1080. The number of nitrogens with zero attached hydrogens (tertiary/aromatic N) is 4. The number of hydrogen-bond donors (Lipinski definition) is 3. The van der Waals surface area contributed by atoms with Crippen LogP contribution in [0.15, 0.2) is 53.7 Å². The van der Waals surface area contributed by atoms with Gasteiger partial charge in [0.15, 0.2) is 17.4 Å². The highest BCUT2D eigenvalue weighted by atomic mass is 32.2. The van der Waals surface area contributed by atoms with E-state index in [1.54, 1.807) is 12.1 Å². The monoisotopic (exact) mass is 401 g/mol. The summed E-state index contributed by atoms with van der Waals surface area (Å²) >= 11 is 0. The van der Waals surface area contributed by atoms with E-state index in [1.165, 1.54) is 0 Å². The second kappa shape index (κ2) is 8.70. The molecule has 0 radical (unpaired) electrons. The van der Waals surface area contributed by atoms with Crippen molar-refractivity contribution in [3.8, 4) is 0 Å². The van der Waals surface area contributed by atoms with Crippen molar-refractivity contribution in [2.24, 2.45) is 4.99 Å². The Balaban J connectivity index is 1.73. The molecule has 3 rings (SSSR count). The molecule has 0 spiro atoms. The molecule has 28 heavy (non-hydrogen) atoms. The van der Waals surface area contributed by atoms with Gasteiger partial charge in [0.05, 0.1) is 25.0 Å². The van der Waals surface area contributed by atoms with Crippen LogP contribution in [0.1, 0.15) is 18.3 Å². The van der Waals surface area contributed by atoms with Crippen LogP contribution < -0.4 is 15.4 Å². The molecule has 0 bridgehead atoms. The van der Waals surface area contributed by atoms with Crippen molar-refractivity contribution in [1.82, 2.24) is 25.2 Å². The number of hydrogen-bond acceptors (Lipinski definition) is 5. The number of anilines is 1. The van der Waals surface area contributed by atoms with Gasteiger partial charge in [-0.1, -0.05) is 24.3 Å². The summed E-state index contributed by atoms with van der Waals surface area (Å²) in [5.41, 5.74) is 2.08. The third-order valence-electron chi connectivity index (χ3n) is 3.86. The quantitative estimate of drug-likeness (QED) is 0.407. The molecule has 0 saturated carbocycles. The zero-order valence-corrected chi connectivity index (χ0v) is 16.6. The largest absolute Gasteiger partial charge is 0.357 e. The fourth-order valence-electron chi connectivity index (χ4n) is 2.64. The van der Waals surface area contributed by atoms with E-state index in [4.69, 9.17) is 0 Å². The number of rotatable bonds is 7. The van der Waals surface area contributed by atoms with Crippen LogP contribution in [0.4, 0.5) is 5.69 Å². The molecule has 1 aromatic carbocycles. The first-order valence-electron chi connectivity index (χ1n) is 8.83. The van der Waals surface area contributed by atoms with E-state index in [-0.39, 0.29) is 0 Å². The van der Waals surface area contributed by atoms with Crippen LogP contribution in [0.25, 0.3) is 5.65 Å². The summed E-state index contributed by atoms with van der Waals surface area (Å²) in [7, 11) is -3.36. The van der Waals surface area contributed by atoms with E-state index in [9.17, 15) is 8.42 Å². The summed E-state index contributed by atoms with van der Waals surface area (Å²) in [5, 5.41) is 14.7. The van der Waals surface area contributed by atoms with Crippen molar-refractivity contribution in [2.45, 2.75) is 20.0 Å². The summed E-state index contributed by atoms with van der Waals surface area (Å²) < 4.78 is 27.5. The van der Waals surface area contributed by atoms with Gasteiger partial charge in [0, 0.05) is 12.7 Å². The zero-order valence-electron chi connectivity index (χ0n) is 15.8. The highest BCUT2D eigenvalue weighted by molar-refractivity contribution is 7.92. The van der Waals surface area contributed by atoms with Crippen LogP contribution in [0.3, 0.4) is 0 Å². The number of fused-ring (bicyclic) bond motifs is 1. The average molecular weight is 401 g/mol. The molecule has 0 unspecified atom stereocenters. The van der Waals surface area contributed by atoms with Crippen molar-refractivity contribution in [3.63, 3.8) is 0 Å². The Labute approximate surface area is 164 Å². The van der Waals surface area contributed by atoms with Gasteiger partial charge in [0.25, 0.3) is 0 Å². The molecule has 0 atom stereocenters. The van der Waals surface area contributed by atoms with Crippen molar-refractivity contribution in [2.75, 3.05) is 17.5 Å². The van der Waals surface area contributed by atoms with Gasteiger partial charge in [-0.15, -0.1) is 10.2 Å². The normalized spacial score (nSPS) is 12.1. The molecule has 148 valence electrons. The zero-order chi connectivity index (χ0) is 20.0. The lowest BCUT2D eigenvalue weighted by Crippen LogP contribution is -2.37. The standard InChI is InChI=1S/C18H23N7O2S/c1-3-19-18(21-13-17-23-22-16-10-6-7-11-25(16)17)20-12-14-8-4-5-9-15(14)24-28(2,26)27/h4-11,24H,3,12-13H2,1-2H3,(H2,19,20,21). The van der Waals surface area contributed by atoms with Gasteiger partial charge >= 0.3 is 0 Å². The highest BCUT2D eigenvalue weighted by Crippen LogP contribution is 2.17. The lowest BCUT2D eigenvalue weighted by atomic mass is 10.2. The topological polar surface area (TPSA) is 113 Å². The lowest BCUT2D eigenvalue weighted by Gasteiger charge is -2.12. The SMILES string of the molecule is CCNC(=NCc1ccccc1NS(C)(=O)=O)NCc1nnc2ccccn12. The molecule has 0 aliphatic heterocycles. The van der Waals surface area contributed by atoms with Gasteiger partial charge in [-0.05, 0) is 30.7 Å². The van der Waals surface area contributed by atoms with E-state index in [1.807, 2.05) is 47.9 Å². The van der Waals surface area contributed by atoms with Gasteiger partial charge < -0.3 is 10.6 Å². The smallest absolute Gasteiger partial charge is 0.229 e. The summed E-state index contributed by atoms with van der Waals surface area (Å²) in [6.45, 7) is 3.42. The maximum atomic E-state index is 11.5. The van der Waals surface area contributed by atoms with Gasteiger partial charge in [-0.3, -0.25) is 9.12 Å². The molecule has 0 fully saturated rings. The van der Waals surface area contributed by atoms with Gasteiger partial charge in [-0.2, -0.15) is 0 Å². The first kappa shape index (κ1) is 19.6. The minimum Gasteiger partial charge on any atom is -0.357 e. The number of nitrogens with one attached hydrogen (secondary N) is 3. The molecular formula is C18H23N7O2S. The van der Waals surface area contributed by atoms with Gasteiger partial charge in [-0.25, -0.2) is 13.4 Å². The first-order chi connectivity index (χ1) is 13.5. The van der Waals surface area contributed by atoms with Crippen LogP contribution in [-0.4, -0.2) is 41.8 Å². The van der Waals surface area contributed by atoms with Crippen LogP contribution in [0, 0.1) is 0 Å². The van der Waals surface area contributed by atoms with Crippen LogP contribution in [0.2, 0.25) is 0 Å². The molecule has 3 N–H and O–H groups in total. The fourth-order valence-corrected chi connectivity index (χ4v) is 3.24. The molecule has 0 saturated heterocycles. The number of benzene rings is 1. The van der Waals surface area contributed by atoms with E-state index in [2.05, 4.69) is 30.5 Å². The molecule has 2 aromatic heterocycles. The maximum Gasteiger partial charge on any atom is 0.229 e. The molecular weight excluding hydrogens is 378 g/mol. The predicted octanol–water partition coefficient (Wildman–Crippen LogP) is 1.36. The Morgan fingerprint density at radius 2 is 1.89 bits per heavy atom. The Morgan fingerprint density at radius 3 is 2.68 bits per heavy atom. The molecule has 2 heterocycles. The molecule has 10 heteroatoms. The van der Waals surface area contributed by atoms with E-state index < -0.39 is 10.0 Å². The molecule has 3 aromatic rings. The Morgan fingerprint density at radius 1 is 1.11 bits per heavy atom. The Kier molecular flexibility index (Phi) is 6.09. The van der Waals surface area contributed by atoms with Crippen LogP contribution >= 0.6 is 0 Å². The molecule has 0 aliphatic carbocycles. The van der Waals surface area contributed by atoms with E-state index >= 15 is 0 Å². The number of para-hydroxylation sites is 1. The third kappa shape index (κ3) is 5.19. The van der Waals surface area contributed by atoms with Crippen molar-refractivity contribution < 1.29 is 8.42 Å². The summed E-state index contributed by atoms with van der Waals surface area (Å²) in [6, 6.07) is 12.9. The predicted molar refractivity (Wildman–Crippen MR) is 110 cm³/mol. The third-order valence-corrected chi connectivity index (χ3v) is 4.45. The summed E-state index contributed by atoms with van der Waals surface area (Å²) in [4.78, 5) is 4.56. The molecule has 0 amide bonds. The molecule has 0 aliphatic rings. The van der Waals surface area contributed by atoms with Crippen LogP contribution in [0.5, 0.6) is 0 Å². The summed E-state index contributed by atoms with van der Waals surface area (Å²) in [6.07, 6.45) is 3.03. The summed E-state index contributed by atoms with van der Waals surface area (Å²) in [5.74, 6) is 1.37. The van der Waals surface area contributed by atoms with Gasteiger partial charge in [0.1, 0.15) is 0 Å². The van der Waals surface area contributed by atoms with Crippen molar-refractivity contribution >= 4 is 27.3 Å². The number of aliphatic imine (C=N–C) groups is 1. The number of aromatic nitrogens is 3. The second-order valence-corrected chi connectivity index (χ2v) is 7.87. The maximum absolute atomic E-state index is 11.5. The molecule has 9 nitrogen and oxygen atoms in total. The minimum absolute atomic E-state index is 0.314. The van der Waals surface area contributed by atoms with Crippen molar-refractivity contribution in [3.05, 3.63) is 60.0 Å². The number of sulfonamides is 1. The number of guanidine groups is 1. The highest BCUT2D eigenvalue weighted by Gasteiger charge is 2.08. The Hall–Kier alpha value is -3.14.